The van der Waals surface area contributed by atoms with Gasteiger partial charge in [0.25, 0.3) is 0 Å². The van der Waals surface area contributed by atoms with Gasteiger partial charge in [0.15, 0.2) is 0 Å². The summed E-state index contributed by atoms with van der Waals surface area (Å²) in [6, 6.07) is 2.27. The number of hydrogen-bond donors (Lipinski definition) is 1. The van der Waals surface area contributed by atoms with Gasteiger partial charge in [0.1, 0.15) is 0 Å². The predicted octanol–water partition coefficient (Wildman–Crippen LogP) is 1.89. The van der Waals surface area contributed by atoms with Crippen molar-refractivity contribution < 1.29 is 4.74 Å². The maximum Gasteiger partial charge on any atom is 0.0702 e. The lowest BCUT2D eigenvalue weighted by Crippen LogP contribution is -2.38. The molecule has 2 N–H and O–H groups in total. The average molecular weight is 263 g/mol. The van der Waals surface area contributed by atoms with Crippen LogP contribution in [-0.4, -0.2) is 42.7 Å². The summed E-state index contributed by atoms with van der Waals surface area (Å²) in [6.07, 6.45) is 7.75. The summed E-state index contributed by atoms with van der Waals surface area (Å²) in [5.41, 5.74) is 8.45. The molecule has 1 aliphatic rings. The van der Waals surface area contributed by atoms with E-state index >= 15 is 0 Å². The van der Waals surface area contributed by atoms with Gasteiger partial charge in [-0.2, -0.15) is 0 Å². The van der Waals surface area contributed by atoms with E-state index in [2.05, 4.69) is 23.9 Å². The molecule has 4 nitrogen and oxygen atoms in total. The zero-order valence-electron chi connectivity index (χ0n) is 12.0. The minimum atomic E-state index is 0.222. The van der Waals surface area contributed by atoms with Gasteiger partial charge < -0.3 is 10.5 Å². The van der Waals surface area contributed by atoms with Crippen molar-refractivity contribution in [3.8, 4) is 0 Å². The van der Waals surface area contributed by atoms with Crippen LogP contribution < -0.4 is 5.73 Å². The van der Waals surface area contributed by atoms with Crippen LogP contribution in [-0.2, 0) is 4.74 Å². The molecule has 1 saturated heterocycles. The minimum absolute atomic E-state index is 0.222. The van der Waals surface area contributed by atoms with E-state index in [9.17, 15) is 0 Å². The molecule has 0 bridgehead atoms. The monoisotopic (exact) mass is 263 g/mol. The van der Waals surface area contributed by atoms with Crippen molar-refractivity contribution in [3.63, 3.8) is 0 Å². The lowest BCUT2D eigenvalue weighted by molar-refractivity contribution is -0.00783. The normalized spacial score (nSPS) is 21.6. The van der Waals surface area contributed by atoms with E-state index < -0.39 is 0 Å². The molecule has 106 valence electrons. The van der Waals surface area contributed by atoms with E-state index in [1.807, 2.05) is 18.5 Å². The molecule has 0 saturated carbocycles. The van der Waals surface area contributed by atoms with Crippen LogP contribution in [0.15, 0.2) is 18.5 Å². The van der Waals surface area contributed by atoms with Crippen LogP contribution in [0.1, 0.15) is 36.4 Å². The third kappa shape index (κ3) is 3.75. The van der Waals surface area contributed by atoms with Crippen LogP contribution in [0.25, 0.3) is 0 Å². The molecule has 0 spiro atoms. The third-order valence-corrected chi connectivity index (χ3v) is 3.96. The first-order valence-electron chi connectivity index (χ1n) is 7.14. The first kappa shape index (κ1) is 14.4. The predicted molar refractivity (Wildman–Crippen MR) is 77.0 cm³/mol. The van der Waals surface area contributed by atoms with Gasteiger partial charge in [-0.3, -0.25) is 9.88 Å². The van der Waals surface area contributed by atoms with Crippen molar-refractivity contribution in [1.82, 2.24) is 9.88 Å². The average Bonchev–Trinajstić information content (AvgIpc) is 2.43. The number of nitrogens with two attached hydrogens (primary N) is 1. The Kier molecular flexibility index (Phi) is 5.31. The second kappa shape index (κ2) is 6.98. The summed E-state index contributed by atoms with van der Waals surface area (Å²) < 4.78 is 5.81. The zero-order chi connectivity index (χ0) is 13.7. The van der Waals surface area contributed by atoms with Crippen molar-refractivity contribution >= 4 is 0 Å². The van der Waals surface area contributed by atoms with Gasteiger partial charge in [-0.1, -0.05) is 0 Å². The summed E-state index contributed by atoms with van der Waals surface area (Å²) in [5, 5.41) is 0. The largest absolute Gasteiger partial charge is 0.377 e. The fourth-order valence-corrected chi connectivity index (χ4v) is 2.77. The summed E-state index contributed by atoms with van der Waals surface area (Å²) in [4.78, 5) is 6.54. The Hall–Kier alpha value is -0.970. The Bertz CT molecular complexity index is 391. The summed E-state index contributed by atoms with van der Waals surface area (Å²) >= 11 is 0. The first-order chi connectivity index (χ1) is 9.22. The lowest BCUT2D eigenvalue weighted by atomic mass is 10.0. The highest BCUT2D eigenvalue weighted by Gasteiger charge is 2.22. The summed E-state index contributed by atoms with van der Waals surface area (Å²) in [6.45, 7) is 4.56. The zero-order valence-corrected chi connectivity index (χ0v) is 12.0. The molecule has 0 aliphatic carbocycles. The van der Waals surface area contributed by atoms with Crippen molar-refractivity contribution in [2.24, 2.45) is 5.73 Å². The Morgan fingerprint density at radius 3 is 3.00 bits per heavy atom. The van der Waals surface area contributed by atoms with Gasteiger partial charge in [-0.05, 0) is 50.4 Å². The highest BCUT2D eigenvalue weighted by molar-refractivity contribution is 5.25. The summed E-state index contributed by atoms with van der Waals surface area (Å²) in [7, 11) is 2.13. The van der Waals surface area contributed by atoms with Gasteiger partial charge in [-0.15, -0.1) is 0 Å². The minimum Gasteiger partial charge on any atom is -0.377 e. The molecule has 1 aromatic heterocycles. The molecular formula is C15H25N3O. The second-order valence-electron chi connectivity index (χ2n) is 5.41. The molecular weight excluding hydrogens is 238 g/mol. The van der Waals surface area contributed by atoms with Gasteiger partial charge in [0.05, 0.1) is 6.10 Å². The van der Waals surface area contributed by atoms with Crippen molar-refractivity contribution in [1.29, 1.82) is 0 Å². The molecule has 19 heavy (non-hydrogen) atoms. The molecule has 2 heterocycles. The third-order valence-electron chi connectivity index (χ3n) is 3.96. The van der Waals surface area contributed by atoms with E-state index in [1.165, 1.54) is 24.0 Å². The molecule has 1 aliphatic heterocycles. The Balaban J connectivity index is 2.02. The molecule has 2 atom stereocenters. The molecule has 2 unspecified atom stereocenters. The number of hydrogen-bond acceptors (Lipinski definition) is 4. The molecule has 2 rings (SSSR count). The highest BCUT2D eigenvalue weighted by Crippen LogP contribution is 2.23. The van der Waals surface area contributed by atoms with E-state index in [0.717, 1.165) is 19.6 Å². The van der Waals surface area contributed by atoms with Crippen LogP contribution >= 0.6 is 0 Å². The Labute approximate surface area is 116 Å². The Morgan fingerprint density at radius 1 is 1.53 bits per heavy atom. The maximum absolute atomic E-state index is 5.97. The smallest absolute Gasteiger partial charge is 0.0702 e. The molecule has 1 fully saturated rings. The van der Waals surface area contributed by atoms with Crippen LogP contribution in [0, 0.1) is 6.92 Å². The summed E-state index contributed by atoms with van der Waals surface area (Å²) in [5.74, 6) is 0. The van der Waals surface area contributed by atoms with Crippen LogP contribution in [0.3, 0.4) is 0 Å². The van der Waals surface area contributed by atoms with Crippen molar-refractivity contribution in [2.45, 2.75) is 38.3 Å². The number of nitrogens with zero attached hydrogens (tertiary/aromatic N) is 2. The maximum atomic E-state index is 5.97. The number of ether oxygens (including phenoxy) is 1. The van der Waals surface area contributed by atoms with E-state index in [0.29, 0.717) is 12.6 Å². The molecule has 0 radical (unpaired) electrons. The standard InChI is InChI=1S/C15H25N3O/c1-12-6-7-17-10-14(12)15(9-16)18(2)11-13-5-3-4-8-19-13/h6-7,10,13,15H,3-5,8-9,11,16H2,1-2H3. The molecule has 0 amide bonds. The number of pyridine rings is 1. The molecule has 1 aromatic rings. The number of aryl methyl sites for hydroxylation is 1. The lowest BCUT2D eigenvalue weighted by Gasteiger charge is -2.33. The first-order valence-corrected chi connectivity index (χ1v) is 7.14. The Morgan fingerprint density at radius 2 is 2.37 bits per heavy atom. The molecule has 4 heteroatoms. The van der Waals surface area contributed by atoms with Crippen LogP contribution in [0.5, 0.6) is 0 Å². The van der Waals surface area contributed by atoms with Crippen LogP contribution in [0.4, 0.5) is 0 Å². The van der Waals surface area contributed by atoms with E-state index in [1.54, 1.807) is 0 Å². The fourth-order valence-electron chi connectivity index (χ4n) is 2.77. The van der Waals surface area contributed by atoms with Crippen molar-refractivity contribution in [3.05, 3.63) is 29.6 Å². The SMILES string of the molecule is Cc1ccncc1C(CN)N(C)CC1CCCCO1. The number of rotatable bonds is 5. The number of aromatic nitrogens is 1. The topological polar surface area (TPSA) is 51.4 Å². The highest BCUT2D eigenvalue weighted by atomic mass is 16.5. The molecule has 0 aromatic carbocycles. The van der Waals surface area contributed by atoms with E-state index in [-0.39, 0.29) is 6.04 Å². The number of likely N-dealkylation sites (N-methyl/N-ethyl adjacent to an activating group) is 1. The van der Waals surface area contributed by atoms with Gasteiger partial charge in [0, 0.05) is 38.1 Å². The van der Waals surface area contributed by atoms with Crippen LogP contribution in [0.2, 0.25) is 0 Å². The van der Waals surface area contributed by atoms with Gasteiger partial charge in [-0.25, -0.2) is 0 Å². The van der Waals surface area contributed by atoms with E-state index in [4.69, 9.17) is 10.5 Å². The fraction of sp³-hybridized carbons (Fsp3) is 0.667. The quantitative estimate of drug-likeness (QED) is 0.881. The second-order valence-corrected chi connectivity index (χ2v) is 5.41. The van der Waals surface area contributed by atoms with Crippen molar-refractivity contribution in [2.75, 3.05) is 26.7 Å². The van der Waals surface area contributed by atoms with Gasteiger partial charge >= 0.3 is 0 Å². The van der Waals surface area contributed by atoms with Gasteiger partial charge in [0.2, 0.25) is 0 Å².